The number of aryl methyl sites for hydroxylation is 1. The Morgan fingerprint density at radius 2 is 2.00 bits per heavy atom. The van der Waals surface area contributed by atoms with Crippen molar-refractivity contribution in [1.29, 1.82) is 0 Å². The van der Waals surface area contributed by atoms with E-state index in [9.17, 15) is 4.79 Å². The summed E-state index contributed by atoms with van der Waals surface area (Å²) in [5.41, 5.74) is 2.54. The van der Waals surface area contributed by atoms with Crippen LogP contribution in [0.5, 0.6) is 0 Å². The molecule has 0 aliphatic heterocycles. The zero-order valence-corrected chi connectivity index (χ0v) is 12.4. The van der Waals surface area contributed by atoms with Crippen LogP contribution in [-0.2, 0) is 0 Å². The third-order valence-electron chi connectivity index (χ3n) is 2.60. The second-order valence-electron chi connectivity index (χ2n) is 4.11. The Morgan fingerprint density at radius 3 is 2.63 bits per heavy atom. The van der Waals surface area contributed by atoms with Gasteiger partial charge in [-0.1, -0.05) is 17.7 Å². The van der Waals surface area contributed by atoms with Gasteiger partial charge in [-0.2, -0.15) is 0 Å². The SMILES string of the molecule is Cc1ccc(C(=O)O)c(Nc2ccc(Cl)c(Br)c2)c1. The monoisotopic (exact) mass is 339 g/mol. The molecule has 19 heavy (non-hydrogen) atoms. The second-order valence-corrected chi connectivity index (χ2v) is 5.37. The van der Waals surface area contributed by atoms with E-state index < -0.39 is 5.97 Å². The lowest BCUT2D eigenvalue weighted by Gasteiger charge is -2.11. The molecule has 0 fully saturated rings. The number of hydrogen-bond donors (Lipinski definition) is 2. The first-order valence-electron chi connectivity index (χ1n) is 5.53. The van der Waals surface area contributed by atoms with Gasteiger partial charge in [0.1, 0.15) is 0 Å². The number of carboxylic acid groups (broad SMARTS) is 1. The number of carboxylic acids is 1. The van der Waals surface area contributed by atoms with E-state index in [1.54, 1.807) is 36.4 Å². The maximum atomic E-state index is 11.2. The summed E-state index contributed by atoms with van der Waals surface area (Å²) in [5, 5.41) is 12.9. The lowest BCUT2D eigenvalue weighted by atomic mass is 10.1. The minimum atomic E-state index is -0.962. The molecule has 0 amide bonds. The summed E-state index contributed by atoms with van der Waals surface area (Å²) in [6.45, 7) is 1.91. The smallest absolute Gasteiger partial charge is 0.337 e. The molecule has 0 radical (unpaired) electrons. The molecule has 0 saturated carbocycles. The molecule has 0 aliphatic rings. The van der Waals surface area contributed by atoms with Gasteiger partial charge in [-0.05, 0) is 58.7 Å². The van der Waals surface area contributed by atoms with Crippen molar-refractivity contribution in [3.63, 3.8) is 0 Å². The van der Waals surface area contributed by atoms with E-state index in [-0.39, 0.29) is 5.56 Å². The third kappa shape index (κ3) is 3.28. The van der Waals surface area contributed by atoms with E-state index in [4.69, 9.17) is 16.7 Å². The van der Waals surface area contributed by atoms with E-state index in [2.05, 4.69) is 21.2 Å². The van der Waals surface area contributed by atoms with Gasteiger partial charge in [0, 0.05) is 10.2 Å². The molecule has 0 atom stereocenters. The van der Waals surface area contributed by atoms with Crippen LogP contribution < -0.4 is 5.32 Å². The molecule has 0 spiro atoms. The summed E-state index contributed by atoms with van der Waals surface area (Å²) >= 11 is 9.25. The van der Waals surface area contributed by atoms with E-state index in [0.29, 0.717) is 10.7 Å². The number of benzene rings is 2. The molecule has 2 rings (SSSR count). The fraction of sp³-hybridized carbons (Fsp3) is 0.0714. The van der Waals surface area contributed by atoms with Gasteiger partial charge in [0.25, 0.3) is 0 Å². The van der Waals surface area contributed by atoms with Gasteiger partial charge in [-0.3, -0.25) is 0 Å². The molecular formula is C14H11BrClNO2. The first-order chi connectivity index (χ1) is 8.97. The van der Waals surface area contributed by atoms with E-state index in [0.717, 1.165) is 15.7 Å². The number of carbonyl (C=O) groups is 1. The molecular weight excluding hydrogens is 330 g/mol. The predicted octanol–water partition coefficient (Wildman–Crippen LogP) is 4.85. The highest BCUT2D eigenvalue weighted by molar-refractivity contribution is 9.10. The average Bonchev–Trinajstić information content (AvgIpc) is 2.33. The van der Waals surface area contributed by atoms with Gasteiger partial charge in [0.15, 0.2) is 0 Å². The number of halogens is 2. The Bertz CT molecular complexity index is 643. The standard InChI is InChI=1S/C14H11BrClNO2/c1-8-2-4-10(14(18)19)13(6-8)17-9-3-5-12(16)11(15)7-9/h2-7,17H,1H3,(H,18,19). The molecule has 5 heteroatoms. The van der Waals surface area contributed by atoms with Gasteiger partial charge in [-0.15, -0.1) is 0 Å². The molecule has 2 aromatic rings. The normalized spacial score (nSPS) is 10.3. The number of aromatic carboxylic acids is 1. The van der Waals surface area contributed by atoms with Crippen LogP contribution in [0.1, 0.15) is 15.9 Å². The van der Waals surface area contributed by atoms with Crippen LogP contribution in [0, 0.1) is 6.92 Å². The lowest BCUT2D eigenvalue weighted by Crippen LogP contribution is -2.03. The number of hydrogen-bond acceptors (Lipinski definition) is 2. The molecule has 2 N–H and O–H groups in total. The van der Waals surface area contributed by atoms with Crippen molar-refractivity contribution in [2.45, 2.75) is 6.92 Å². The highest BCUT2D eigenvalue weighted by Gasteiger charge is 2.10. The summed E-state index contributed by atoms with van der Waals surface area (Å²) < 4.78 is 0.753. The van der Waals surface area contributed by atoms with Gasteiger partial charge < -0.3 is 10.4 Å². The van der Waals surface area contributed by atoms with Crippen LogP contribution >= 0.6 is 27.5 Å². The molecule has 0 heterocycles. The van der Waals surface area contributed by atoms with Crippen molar-refractivity contribution in [1.82, 2.24) is 0 Å². The third-order valence-corrected chi connectivity index (χ3v) is 3.82. The Labute approximate surface area is 124 Å². The summed E-state index contributed by atoms with van der Waals surface area (Å²) in [7, 11) is 0. The fourth-order valence-electron chi connectivity index (χ4n) is 1.68. The molecule has 3 nitrogen and oxygen atoms in total. The van der Waals surface area contributed by atoms with Crippen molar-refractivity contribution in [2.24, 2.45) is 0 Å². The Hall–Kier alpha value is -1.52. The quantitative estimate of drug-likeness (QED) is 0.839. The minimum Gasteiger partial charge on any atom is -0.478 e. The zero-order chi connectivity index (χ0) is 14.0. The van der Waals surface area contributed by atoms with Crippen LogP contribution in [0.4, 0.5) is 11.4 Å². The Kier molecular flexibility index (Phi) is 4.12. The molecule has 0 saturated heterocycles. The number of anilines is 2. The van der Waals surface area contributed by atoms with Gasteiger partial charge in [0.05, 0.1) is 16.3 Å². The van der Waals surface area contributed by atoms with Gasteiger partial charge >= 0.3 is 5.97 Å². The van der Waals surface area contributed by atoms with Crippen molar-refractivity contribution >= 4 is 44.9 Å². The van der Waals surface area contributed by atoms with Crippen LogP contribution in [0.15, 0.2) is 40.9 Å². The van der Waals surface area contributed by atoms with Crippen molar-refractivity contribution in [3.05, 3.63) is 57.0 Å². The van der Waals surface area contributed by atoms with E-state index in [1.807, 2.05) is 6.92 Å². The zero-order valence-electron chi connectivity index (χ0n) is 10.1. The number of rotatable bonds is 3. The molecule has 98 valence electrons. The Balaban J connectivity index is 2.39. The number of nitrogens with one attached hydrogen (secondary N) is 1. The van der Waals surface area contributed by atoms with Crippen molar-refractivity contribution in [3.8, 4) is 0 Å². The van der Waals surface area contributed by atoms with Gasteiger partial charge in [0.2, 0.25) is 0 Å². The largest absolute Gasteiger partial charge is 0.478 e. The lowest BCUT2D eigenvalue weighted by molar-refractivity contribution is 0.0698. The average molecular weight is 341 g/mol. The summed E-state index contributed by atoms with van der Waals surface area (Å²) in [4.78, 5) is 11.2. The molecule has 0 bridgehead atoms. The maximum Gasteiger partial charge on any atom is 0.337 e. The predicted molar refractivity (Wildman–Crippen MR) is 80.6 cm³/mol. The van der Waals surface area contributed by atoms with Crippen LogP contribution in [0.3, 0.4) is 0 Å². The van der Waals surface area contributed by atoms with Crippen LogP contribution in [0.25, 0.3) is 0 Å². The second kappa shape index (κ2) is 5.63. The highest BCUT2D eigenvalue weighted by atomic mass is 79.9. The van der Waals surface area contributed by atoms with Crippen LogP contribution in [0.2, 0.25) is 5.02 Å². The van der Waals surface area contributed by atoms with Gasteiger partial charge in [-0.25, -0.2) is 4.79 Å². The Morgan fingerprint density at radius 1 is 1.26 bits per heavy atom. The van der Waals surface area contributed by atoms with E-state index in [1.165, 1.54) is 0 Å². The maximum absolute atomic E-state index is 11.2. The first-order valence-corrected chi connectivity index (χ1v) is 6.70. The topological polar surface area (TPSA) is 49.3 Å². The molecule has 0 aliphatic carbocycles. The fourth-order valence-corrected chi connectivity index (χ4v) is 2.17. The first kappa shape index (κ1) is 13.9. The highest BCUT2D eigenvalue weighted by Crippen LogP contribution is 2.28. The van der Waals surface area contributed by atoms with E-state index >= 15 is 0 Å². The van der Waals surface area contributed by atoms with Crippen molar-refractivity contribution < 1.29 is 9.90 Å². The molecule has 0 unspecified atom stereocenters. The molecule has 2 aromatic carbocycles. The molecule has 0 aromatic heterocycles. The summed E-state index contributed by atoms with van der Waals surface area (Å²) in [5.74, 6) is -0.962. The summed E-state index contributed by atoms with van der Waals surface area (Å²) in [6.07, 6.45) is 0. The minimum absolute atomic E-state index is 0.233. The summed E-state index contributed by atoms with van der Waals surface area (Å²) in [6, 6.07) is 10.5. The van der Waals surface area contributed by atoms with Crippen LogP contribution in [-0.4, -0.2) is 11.1 Å². The van der Waals surface area contributed by atoms with Crippen molar-refractivity contribution in [2.75, 3.05) is 5.32 Å².